The van der Waals surface area contributed by atoms with Crippen molar-refractivity contribution in [2.75, 3.05) is 0 Å². The predicted molar refractivity (Wildman–Crippen MR) is 135 cm³/mol. The Morgan fingerprint density at radius 1 is 0.882 bits per heavy atom. The Labute approximate surface area is 208 Å². The van der Waals surface area contributed by atoms with E-state index in [-0.39, 0.29) is 5.78 Å². The number of hydrogen-bond acceptors (Lipinski definition) is 2. The lowest BCUT2D eigenvalue weighted by Crippen LogP contribution is -2.51. The number of carbonyl (C=O) groups excluding carboxylic acids is 1. The van der Waals surface area contributed by atoms with Crippen LogP contribution < -0.4 is 0 Å². The Bertz CT molecular complexity index is 1430. The summed E-state index contributed by atoms with van der Waals surface area (Å²) in [5.74, 6) is -0.525. The summed E-state index contributed by atoms with van der Waals surface area (Å²) in [6, 6.07) is 28.3. The quantitative estimate of drug-likeness (QED) is 0.304. The van der Waals surface area contributed by atoms with Crippen LogP contribution in [0.15, 0.2) is 84.9 Å². The van der Waals surface area contributed by atoms with E-state index in [0.29, 0.717) is 16.6 Å². The minimum Gasteiger partial charge on any atom is -0.329 e. The number of hydrogen-bond donors (Lipinski definition) is 0. The van der Waals surface area contributed by atoms with E-state index in [0.717, 1.165) is 33.5 Å². The van der Waals surface area contributed by atoms with E-state index in [1.54, 1.807) is 0 Å². The van der Waals surface area contributed by atoms with Gasteiger partial charge >= 0.3 is 0 Å². The highest BCUT2D eigenvalue weighted by atomic mass is 35.5. The first-order valence-corrected chi connectivity index (χ1v) is 12.2. The van der Waals surface area contributed by atoms with Crippen LogP contribution >= 0.6 is 23.2 Å². The molecule has 0 spiro atoms. The molecule has 4 aromatic rings. The molecule has 3 nitrogen and oxygen atoms in total. The van der Waals surface area contributed by atoms with Gasteiger partial charge in [0.1, 0.15) is 16.5 Å². The van der Waals surface area contributed by atoms with Crippen LogP contribution in [0.2, 0.25) is 10.2 Å². The maximum Gasteiger partial charge on any atom is 0.200 e. The van der Waals surface area contributed by atoms with Gasteiger partial charge in [0.25, 0.3) is 0 Å². The molecule has 0 radical (unpaired) electrons. The molecular weight excluding hydrogens is 465 g/mol. The van der Waals surface area contributed by atoms with E-state index < -0.39 is 17.2 Å². The van der Waals surface area contributed by atoms with Gasteiger partial charge in [0, 0.05) is 23.2 Å². The summed E-state index contributed by atoms with van der Waals surface area (Å²) in [5.41, 5.74) is 3.35. The molecule has 0 aliphatic carbocycles. The highest BCUT2D eigenvalue weighted by Crippen LogP contribution is 2.65. The van der Waals surface area contributed by atoms with Crippen LogP contribution in [0.1, 0.15) is 52.8 Å². The molecule has 0 fully saturated rings. The molecule has 0 amide bonds. The lowest BCUT2D eigenvalue weighted by Gasteiger charge is -2.47. The molecule has 3 atom stereocenters. The standard InChI is InChI=1S/C29H23Cl2NO2/c1-3-23(33)24-26-18(2)25(30)27(31)32(26)29(20-14-8-5-9-15-20)22-17-11-10-16-21(22)28(24,34-29)19-12-6-4-7-13-19/h4-17,24H,3H2,1-2H3/t24-,28+,29-/m1/s1. The summed E-state index contributed by atoms with van der Waals surface area (Å²) in [6.45, 7) is 3.84. The van der Waals surface area contributed by atoms with Crippen molar-refractivity contribution in [2.45, 2.75) is 37.5 Å². The van der Waals surface area contributed by atoms with Gasteiger partial charge in [-0.1, -0.05) is 115 Å². The smallest absolute Gasteiger partial charge is 0.200 e. The first-order valence-electron chi connectivity index (χ1n) is 11.5. The molecular formula is C29H23Cl2NO2. The molecule has 6 rings (SSSR count). The third-order valence-electron chi connectivity index (χ3n) is 7.37. The topological polar surface area (TPSA) is 31.2 Å². The molecule has 0 saturated heterocycles. The largest absolute Gasteiger partial charge is 0.329 e. The van der Waals surface area contributed by atoms with E-state index in [1.165, 1.54) is 0 Å². The fourth-order valence-electron chi connectivity index (χ4n) is 5.97. The van der Waals surface area contributed by atoms with Crippen molar-refractivity contribution in [3.05, 3.63) is 129 Å². The van der Waals surface area contributed by atoms with Crippen molar-refractivity contribution in [2.24, 2.45) is 0 Å². The number of nitrogens with zero attached hydrogens (tertiary/aromatic N) is 1. The van der Waals surface area contributed by atoms with E-state index in [4.69, 9.17) is 27.9 Å². The summed E-state index contributed by atoms with van der Waals surface area (Å²) < 4.78 is 9.29. The molecule has 3 heterocycles. The third-order valence-corrected chi connectivity index (χ3v) is 8.28. The van der Waals surface area contributed by atoms with Crippen molar-refractivity contribution in [1.82, 2.24) is 4.57 Å². The normalized spacial score (nSPS) is 24.5. The molecule has 0 saturated carbocycles. The molecule has 2 aliphatic heterocycles. The van der Waals surface area contributed by atoms with Crippen molar-refractivity contribution >= 4 is 29.0 Å². The minimum absolute atomic E-state index is 0.0809. The molecule has 2 bridgehead atoms. The Kier molecular flexibility index (Phi) is 4.83. The summed E-state index contributed by atoms with van der Waals surface area (Å²) in [5, 5.41) is 0.836. The number of rotatable bonds is 4. The van der Waals surface area contributed by atoms with Crippen LogP contribution in [0.3, 0.4) is 0 Å². The van der Waals surface area contributed by atoms with Gasteiger partial charge in [0.2, 0.25) is 5.72 Å². The van der Waals surface area contributed by atoms with Gasteiger partial charge in [-0.2, -0.15) is 0 Å². The Morgan fingerprint density at radius 3 is 2.06 bits per heavy atom. The zero-order valence-corrected chi connectivity index (χ0v) is 20.4. The van der Waals surface area contributed by atoms with Crippen molar-refractivity contribution in [3.63, 3.8) is 0 Å². The number of fused-ring (bicyclic) bond motifs is 7. The second-order valence-electron chi connectivity index (χ2n) is 8.96. The van der Waals surface area contributed by atoms with Crippen LogP contribution in [0.25, 0.3) is 0 Å². The SMILES string of the molecule is CCC(=O)[C@@H]1c2c(C)c(Cl)c(Cl)n2[C@]2(c3ccccc3)O[C@@]1(c1ccccc1)c1ccccc12. The van der Waals surface area contributed by atoms with Crippen LogP contribution in [-0.4, -0.2) is 10.4 Å². The number of benzene rings is 3. The van der Waals surface area contributed by atoms with Crippen LogP contribution in [-0.2, 0) is 20.9 Å². The van der Waals surface area contributed by atoms with Crippen molar-refractivity contribution < 1.29 is 9.53 Å². The highest BCUT2D eigenvalue weighted by molar-refractivity contribution is 6.42. The zero-order chi connectivity index (χ0) is 23.7. The zero-order valence-electron chi connectivity index (χ0n) is 18.9. The molecule has 0 N–H and O–H groups in total. The van der Waals surface area contributed by atoms with Crippen LogP contribution in [0.4, 0.5) is 0 Å². The lowest BCUT2D eigenvalue weighted by atomic mass is 9.71. The van der Waals surface area contributed by atoms with Gasteiger partial charge in [0.15, 0.2) is 0 Å². The van der Waals surface area contributed by atoms with Gasteiger partial charge in [-0.15, -0.1) is 0 Å². The fraction of sp³-hybridized carbons (Fsp3) is 0.207. The van der Waals surface area contributed by atoms with E-state index in [2.05, 4.69) is 12.1 Å². The first kappa shape index (κ1) is 21.7. The molecule has 0 unspecified atom stereocenters. The summed E-state index contributed by atoms with van der Waals surface area (Å²) in [4.78, 5) is 13.8. The molecule has 170 valence electrons. The molecule has 34 heavy (non-hydrogen) atoms. The Morgan fingerprint density at radius 2 is 1.44 bits per heavy atom. The van der Waals surface area contributed by atoms with Crippen molar-refractivity contribution in [1.29, 1.82) is 0 Å². The Hall–Kier alpha value is -2.85. The minimum atomic E-state index is -1.07. The summed E-state index contributed by atoms with van der Waals surface area (Å²) in [7, 11) is 0. The van der Waals surface area contributed by atoms with E-state index in [1.807, 2.05) is 91.2 Å². The molecule has 3 aromatic carbocycles. The molecule has 2 aliphatic rings. The van der Waals surface area contributed by atoms with E-state index >= 15 is 0 Å². The third kappa shape index (κ3) is 2.50. The number of halogens is 2. The van der Waals surface area contributed by atoms with Gasteiger partial charge < -0.3 is 4.74 Å². The molecule has 5 heteroatoms. The monoisotopic (exact) mass is 487 g/mol. The average molecular weight is 488 g/mol. The van der Waals surface area contributed by atoms with Crippen molar-refractivity contribution in [3.8, 4) is 0 Å². The number of Topliss-reactive ketones (excluding diaryl/α,β-unsaturated/α-hetero) is 1. The lowest BCUT2D eigenvalue weighted by molar-refractivity contribution is -0.161. The summed E-state index contributed by atoms with van der Waals surface area (Å²) >= 11 is 13.8. The average Bonchev–Trinajstić information content (AvgIpc) is 3.29. The number of aromatic nitrogens is 1. The number of ketones is 1. The fourth-order valence-corrected chi connectivity index (χ4v) is 6.50. The van der Waals surface area contributed by atoms with Crippen LogP contribution in [0.5, 0.6) is 0 Å². The second-order valence-corrected chi connectivity index (χ2v) is 9.70. The van der Waals surface area contributed by atoms with Crippen LogP contribution in [0, 0.1) is 6.92 Å². The first-order chi connectivity index (χ1) is 16.5. The van der Waals surface area contributed by atoms with Gasteiger partial charge in [0.05, 0.1) is 10.9 Å². The highest BCUT2D eigenvalue weighted by Gasteiger charge is 2.66. The second kappa shape index (κ2) is 7.58. The maximum atomic E-state index is 13.8. The van der Waals surface area contributed by atoms with Gasteiger partial charge in [-0.25, -0.2) is 0 Å². The number of carbonyl (C=O) groups is 1. The van der Waals surface area contributed by atoms with Gasteiger partial charge in [-0.3, -0.25) is 9.36 Å². The Balaban J connectivity index is 1.86. The number of ether oxygens (including phenoxy) is 1. The molecule has 1 aromatic heterocycles. The summed E-state index contributed by atoms with van der Waals surface area (Å²) in [6.07, 6.45) is 0.364. The predicted octanol–water partition coefficient (Wildman–Crippen LogP) is 7.20. The van der Waals surface area contributed by atoms with E-state index in [9.17, 15) is 4.79 Å². The van der Waals surface area contributed by atoms with Gasteiger partial charge in [-0.05, 0) is 23.6 Å². The maximum absolute atomic E-state index is 13.8.